The molecular weight excluding hydrogens is 841 g/mol. The summed E-state index contributed by atoms with van der Waals surface area (Å²) >= 11 is 0. The van der Waals surface area contributed by atoms with Crippen molar-refractivity contribution in [1.29, 1.82) is 0 Å². The molecule has 9 rings (SSSR count). The average molecular weight is 905 g/mol. The molecule has 5 atom stereocenters. The van der Waals surface area contributed by atoms with Crippen LogP contribution >= 0.6 is 0 Å². The Morgan fingerprint density at radius 1 is 1.05 bits per heavy atom. The molecule has 348 valence electrons. The second-order valence-corrected chi connectivity index (χ2v) is 22.1. The number of amides is 4. The number of aromatic nitrogens is 1. The lowest BCUT2D eigenvalue weighted by Gasteiger charge is -2.50. The molecule has 1 aromatic carbocycles. The first-order valence-corrected chi connectivity index (χ1v) is 25.0. The van der Waals surface area contributed by atoms with Crippen LogP contribution in [0.25, 0.3) is 10.9 Å². The van der Waals surface area contributed by atoms with Crippen LogP contribution in [-0.2, 0) is 42.0 Å². The number of carbonyl (C=O) groups excluding carboxylic acids is 3. The lowest BCUT2D eigenvalue weighted by atomic mass is 9.76. The van der Waals surface area contributed by atoms with Crippen LogP contribution in [0.5, 0.6) is 11.5 Å². The molecule has 0 unspecified atom stereocenters. The minimum Gasteiger partial charge on any atom is -0.492 e. The summed E-state index contributed by atoms with van der Waals surface area (Å²) in [7, 11) is -4.02. The molecule has 1 aromatic heterocycles. The highest BCUT2D eigenvalue weighted by atomic mass is 32.2. The molecule has 3 saturated carbocycles. The van der Waals surface area contributed by atoms with Gasteiger partial charge in [0, 0.05) is 48.5 Å². The van der Waals surface area contributed by atoms with Gasteiger partial charge in [0.05, 0.1) is 35.7 Å². The minimum absolute atomic E-state index is 0.0190. The maximum absolute atomic E-state index is 15.3. The summed E-state index contributed by atoms with van der Waals surface area (Å²) in [4.78, 5) is 67.9. The van der Waals surface area contributed by atoms with E-state index in [-0.39, 0.29) is 19.4 Å². The average Bonchev–Trinajstić information content (AvgIpc) is 4.16. The predicted molar refractivity (Wildman–Crippen MR) is 237 cm³/mol. The van der Waals surface area contributed by atoms with Gasteiger partial charge in [-0.15, -0.1) is 0 Å². The Morgan fingerprint density at radius 3 is 2.53 bits per heavy atom. The zero-order chi connectivity index (χ0) is 45.1. The van der Waals surface area contributed by atoms with E-state index < -0.39 is 73.3 Å². The van der Waals surface area contributed by atoms with Crippen LogP contribution in [0, 0.1) is 5.92 Å². The largest absolute Gasteiger partial charge is 0.492 e. The maximum Gasteiger partial charge on any atom is 0.408 e. The predicted octanol–water partition coefficient (Wildman–Crippen LogP) is 4.86. The van der Waals surface area contributed by atoms with Gasteiger partial charge in [0.25, 0.3) is 5.91 Å². The van der Waals surface area contributed by atoms with E-state index in [0.29, 0.717) is 76.6 Å². The number of hydrogen-bond acceptors (Lipinski definition) is 11. The van der Waals surface area contributed by atoms with E-state index in [1.165, 1.54) is 9.80 Å². The minimum atomic E-state index is -4.02. The fourth-order valence-corrected chi connectivity index (χ4v) is 12.1. The Labute approximate surface area is 375 Å². The van der Waals surface area contributed by atoms with Gasteiger partial charge in [-0.2, -0.15) is 0 Å². The van der Waals surface area contributed by atoms with Crippen molar-refractivity contribution in [3.05, 3.63) is 41.6 Å². The smallest absolute Gasteiger partial charge is 0.408 e. The summed E-state index contributed by atoms with van der Waals surface area (Å²) < 4.78 is 46.8. The molecular formula is C47H64N6O10S. The first-order valence-electron chi connectivity index (χ1n) is 23.6. The van der Waals surface area contributed by atoms with E-state index in [9.17, 15) is 27.9 Å². The van der Waals surface area contributed by atoms with E-state index in [0.717, 1.165) is 80.0 Å². The molecule has 2 saturated heterocycles. The van der Waals surface area contributed by atoms with Crippen molar-refractivity contribution in [2.24, 2.45) is 5.92 Å². The normalized spacial score (nSPS) is 30.5. The zero-order valence-electron chi connectivity index (χ0n) is 37.5. The van der Waals surface area contributed by atoms with Crippen LogP contribution in [0.2, 0.25) is 0 Å². The number of carbonyl (C=O) groups is 4. The van der Waals surface area contributed by atoms with Crippen LogP contribution < -0.4 is 19.5 Å². The topological polar surface area (TPSA) is 197 Å². The number of hydrogen-bond donors (Lipinski definition) is 3. The Hall–Kier alpha value is -4.48. The third-order valence-electron chi connectivity index (χ3n) is 15.5. The van der Waals surface area contributed by atoms with Gasteiger partial charge in [0.1, 0.15) is 41.3 Å². The molecule has 5 fully saturated rings. The summed E-state index contributed by atoms with van der Waals surface area (Å²) in [5.74, 6) is -0.954. The Morgan fingerprint density at radius 2 is 1.83 bits per heavy atom. The number of ether oxygens (including phenoxy) is 3. The summed E-state index contributed by atoms with van der Waals surface area (Å²) in [6, 6.07) is 3.74. The number of nitrogens with one attached hydrogen (secondary N) is 2. The molecule has 3 N–H and O–H groups in total. The van der Waals surface area contributed by atoms with Crippen LogP contribution in [0.4, 0.5) is 4.79 Å². The molecule has 16 nitrogen and oxygen atoms in total. The van der Waals surface area contributed by atoms with Gasteiger partial charge in [-0.3, -0.25) is 28.9 Å². The number of pyridine rings is 1. The summed E-state index contributed by atoms with van der Waals surface area (Å²) in [6.45, 7) is 10.0. The van der Waals surface area contributed by atoms with Crippen molar-refractivity contribution in [1.82, 2.24) is 29.7 Å². The van der Waals surface area contributed by atoms with E-state index in [2.05, 4.69) is 14.9 Å². The second kappa shape index (κ2) is 17.1. The highest BCUT2D eigenvalue weighted by Gasteiger charge is 2.64. The Bertz CT molecular complexity index is 2330. The van der Waals surface area contributed by atoms with Crippen molar-refractivity contribution < 1.29 is 46.9 Å². The van der Waals surface area contributed by atoms with Gasteiger partial charge in [-0.1, -0.05) is 31.9 Å². The molecule has 1 spiro atoms. The molecule has 17 heteroatoms. The number of aryl methyl sites for hydroxylation is 2. The van der Waals surface area contributed by atoms with Crippen LogP contribution in [-0.4, -0.2) is 137 Å². The lowest BCUT2D eigenvalue weighted by Crippen LogP contribution is -2.63. The number of benzene rings is 1. The van der Waals surface area contributed by atoms with Crippen molar-refractivity contribution in [2.75, 3.05) is 46.0 Å². The van der Waals surface area contributed by atoms with Crippen LogP contribution in [0.15, 0.2) is 30.4 Å². The van der Waals surface area contributed by atoms with E-state index in [1.54, 1.807) is 6.92 Å². The van der Waals surface area contributed by atoms with E-state index in [1.807, 2.05) is 44.2 Å². The summed E-state index contributed by atoms with van der Waals surface area (Å²) in [6.07, 6.45) is 10.7. The number of morpholine rings is 1. The van der Waals surface area contributed by atoms with E-state index in [4.69, 9.17) is 19.2 Å². The van der Waals surface area contributed by atoms with Gasteiger partial charge >= 0.3 is 6.09 Å². The first kappa shape index (κ1) is 44.7. The van der Waals surface area contributed by atoms with Crippen LogP contribution in [0.3, 0.4) is 0 Å². The van der Waals surface area contributed by atoms with Crippen molar-refractivity contribution in [2.45, 2.75) is 151 Å². The highest BCUT2D eigenvalue weighted by molar-refractivity contribution is 7.91. The van der Waals surface area contributed by atoms with Crippen LogP contribution in [0.1, 0.15) is 115 Å². The van der Waals surface area contributed by atoms with Crippen molar-refractivity contribution >= 4 is 44.7 Å². The Balaban J connectivity index is 1.05. The molecule has 5 heterocycles. The van der Waals surface area contributed by atoms with E-state index >= 15 is 4.79 Å². The number of nitrogens with zero attached hydrogens (tertiary/aromatic N) is 4. The fourth-order valence-electron chi connectivity index (χ4n) is 10.8. The second-order valence-electron chi connectivity index (χ2n) is 19.9. The molecule has 2 aromatic rings. The monoisotopic (exact) mass is 904 g/mol. The molecule has 4 aliphatic heterocycles. The number of rotatable bonds is 10. The SMILES string of the molecule is CCc1nc2ccc(OCCN3CCOCC3)cc2c2c1O[C@]1(CC2)C[C@H]2C(=O)N[C@]3(C(=O)NS(=O)(=O)C4(C)CC4)C[C@H]3/C=C\CCCCC[C@H](N(C(=O)O)C3(C)CCC3)C(=O)N2C1. The third kappa shape index (κ3) is 8.33. The van der Waals surface area contributed by atoms with Gasteiger partial charge in [0.2, 0.25) is 21.8 Å². The fraction of sp³-hybridized carbons (Fsp3) is 0.681. The Kier molecular flexibility index (Phi) is 11.9. The summed E-state index contributed by atoms with van der Waals surface area (Å²) in [5, 5.41) is 14.7. The molecule has 64 heavy (non-hydrogen) atoms. The van der Waals surface area contributed by atoms with Gasteiger partial charge in [-0.25, -0.2) is 18.2 Å². The maximum atomic E-state index is 15.3. The zero-order valence-corrected chi connectivity index (χ0v) is 38.3. The number of allylic oxidation sites excluding steroid dienone is 1. The quantitative estimate of drug-likeness (QED) is 0.275. The third-order valence-corrected chi connectivity index (χ3v) is 17.6. The van der Waals surface area contributed by atoms with Gasteiger partial charge in [0.15, 0.2) is 0 Å². The number of sulfonamides is 1. The first-order chi connectivity index (χ1) is 30.6. The van der Waals surface area contributed by atoms with Crippen molar-refractivity contribution in [3.63, 3.8) is 0 Å². The van der Waals surface area contributed by atoms with Crippen molar-refractivity contribution in [3.8, 4) is 11.5 Å². The standard InChI is InChI=1S/C47H64N6O10S/c1-4-35-39-33(34-27-32(13-14-36(34)48-35)62-26-23-51-21-24-61-25-22-51)15-18-46(63-39)29-38-40(54)49-47(42(56)50-64(59,60)45(3)19-20-45)28-31(47)11-8-6-5-7-9-12-37(41(55)52(38)30-46)53(43(57)58)44(2)16-10-17-44/h8,11,13-14,27,31,37-38H,4-7,9-10,12,15-26,28-30H2,1-3H3,(H,49,54)(H,50,56)(H,57,58)/b11-8-/t31-,37+,38+,46-,47-/m1/s1. The molecule has 0 radical (unpaired) electrons. The molecule has 3 aliphatic carbocycles. The number of fused-ring (bicyclic) bond motifs is 5. The van der Waals surface area contributed by atoms with Gasteiger partial charge in [-0.05, 0) is 109 Å². The lowest BCUT2D eigenvalue weighted by molar-refractivity contribution is -0.146. The summed E-state index contributed by atoms with van der Waals surface area (Å²) in [5.41, 5.74) is -0.753. The molecule has 4 amide bonds. The highest BCUT2D eigenvalue weighted by Crippen LogP contribution is 2.50. The number of carboxylic acid groups (broad SMARTS) is 1. The molecule has 7 aliphatic rings. The molecule has 0 bridgehead atoms. The van der Waals surface area contributed by atoms with Gasteiger partial charge < -0.3 is 29.5 Å².